The molecule has 0 aliphatic rings. The molecule has 1 unspecified atom stereocenters. The molecule has 108 valence electrons. The van der Waals surface area contributed by atoms with Crippen molar-refractivity contribution in [1.82, 2.24) is 9.55 Å². The van der Waals surface area contributed by atoms with Crippen molar-refractivity contribution in [2.45, 2.75) is 32.4 Å². The van der Waals surface area contributed by atoms with E-state index in [0.717, 1.165) is 18.7 Å². The van der Waals surface area contributed by atoms with Crippen LogP contribution < -0.4 is 5.73 Å². The van der Waals surface area contributed by atoms with Gasteiger partial charge in [0.2, 0.25) is 0 Å². The molecule has 2 atom stereocenters. The van der Waals surface area contributed by atoms with E-state index in [1.165, 1.54) is 5.56 Å². The molecule has 20 heavy (non-hydrogen) atoms. The van der Waals surface area contributed by atoms with Gasteiger partial charge in [-0.25, -0.2) is 4.98 Å². The van der Waals surface area contributed by atoms with Crippen molar-refractivity contribution >= 4 is 0 Å². The highest BCUT2D eigenvalue weighted by atomic mass is 16.5. The second kappa shape index (κ2) is 7.22. The summed E-state index contributed by atoms with van der Waals surface area (Å²) >= 11 is 0. The average molecular weight is 273 g/mol. The summed E-state index contributed by atoms with van der Waals surface area (Å²) in [6.07, 6.45) is 4.51. The fourth-order valence-corrected chi connectivity index (χ4v) is 2.31. The van der Waals surface area contributed by atoms with Gasteiger partial charge in [0, 0.05) is 12.8 Å². The fourth-order valence-electron chi connectivity index (χ4n) is 2.31. The summed E-state index contributed by atoms with van der Waals surface area (Å²) in [5.41, 5.74) is 8.63. The fraction of sp³-hybridized carbons (Fsp3) is 0.438. The number of hydrogen-bond donors (Lipinski definition) is 1. The maximum Gasteiger partial charge on any atom is 0.0952 e. The molecule has 0 aliphatic heterocycles. The zero-order valence-corrected chi connectivity index (χ0v) is 12.2. The van der Waals surface area contributed by atoms with E-state index < -0.39 is 0 Å². The molecule has 2 N–H and O–H groups in total. The van der Waals surface area contributed by atoms with E-state index in [-0.39, 0.29) is 12.1 Å². The van der Waals surface area contributed by atoms with Gasteiger partial charge in [-0.3, -0.25) is 0 Å². The Hall–Kier alpha value is -1.65. The van der Waals surface area contributed by atoms with Gasteiger partial charge in [-0.05, 0) is 25.8 Å². The number of ether oxygens (including phenoxy) is 1. The third kappa shape index (κ3) is 3.68. The van der Waals surface area contributed by atoms with Crippen LogP contribution in [0.3, 0.4) is 0 Å². The monoisotopic (exact) mass is 273 g/mol. The Morgan fingerprint density at radius 2 is 2.05 bits per heavy atom. The predicted molar refractivity (Wildman–Crippen MR) is 80.5 cm³/mol. The largest absolute Gasteiger partial charge is 0.380 e. The highest BCUT2D eigenvalue weighted by Gasteiger charge is 2.15. The van der Waals surface area contributed by atoms with Gasteiger partial charge in [-0.1, -0.05) is 30.3 Å². The SMILES string of the molecule is CCOCC(C)n1cncc1[C@H](N)Cc1ccccc1. The van der Waals surface area contributed by atoms with E-state index in [4.69, 9.17) is 10.5 Å². The number of benzene rings is 1. The number of aromatic nitrogens is 2. The van der Waals surface area contributed by atoms with Crippen molar-refractivity contribution in [3.8, 4) is 0 Å². The minimum Gasteiger partial charge on any atom is -0.380 e. The van der Waals surface area contributed by atoms with E-state index in [2.05, 4.69) is 28.6 Å². The summed E-state index contributed by atoms with van der Waals surface area (Å²) in [4.78, 5) is 4.24. The summed E-state index contributed by atoms with van der Waals surface area (Å²) < 4.78 is 7.60. The van der Waals surface area contributed by atoms with Gasteiger partial charge in [0.05, 0.1) is 30.7 Å². The van der Waals surface area contributed by atoms with Crippen molar-refractivity contribution in [2.24, 2.45) is 5.73 Å². The first-order chi connectivity index (χ1) is 9.72. The lowest BCUT2D eigenvalue weighted by atomic mass is 10.0. The number of nitrogens with zero attached hydrogens (tertiary/aromatic N) is 2. The molecule has 2 rings (SSSR count). The smallest absolute Gasteiger partial charge is 0.0952 e. The van der Waals surface area contributed by atoms with Gasteiger partial charge in [0.1, 0.15) is 0 Å². The molecule has 0 saturated heterocycles. The van der Waals surface area contributed by atoms with Crippen LogP contribution in [-0.4, -0.2) is 22.8 Å². The first-order valence-corrected chi connectivity index (χ1v) is 7.11. The first kappa shape index (κ1) is 14.8. The molecular weight excluding hydrogens is 250 g/mol. The van der Waals surface area contributed by atoms with E-state index in [1.54, 1.807) is 0 Å². The summed E-state index contributed by atoms with van der Waals surface area (Å²) in [5, 5.41) is 0. The molecule has 4 nitrogen and oxygen atoms in total. The lowest BCUT2D eigenvalue weighted by molar-refractivity contribution is 0.117. The molecule has 0 bridgehead atoms. The molecule has 2 aromatic rings. The van der Waals surface area contributed by atoms with Gasteiger partial charge in [0.25, 0.3) is 0 Å². The van der Waals surface area contributed by atoms with Gasteiger partial charge < -0.3 is 15.0 Å². The molecule has 1 aromatic carbocycles. The molecular formula is C16H23N3O. The topological polar surface area (TPSA) is 53.1 Å². The number of rotatable bonds is 7. The number of imidazole rings is 1. The van der Waals surface area contributed by atoms with Crippen LogP contribution in [0.5, 0.6) is 0 Å². The quantitative estimate of drug-likeness (QED) is 0.844. The molecule has 0 amide bonds. The minimum absolute atomic E-state index is 0.0519. The van der Waals surface area contributed by atoms with Crippen LogP contribution >= 0.6 is 0 Å². The molecule has 1 heterocycles. The summed E-state index contributed by atoms with van der Waals surface area (Å²) in [7, 11) is 0. The minimum atomic E-state index is -0.0519. The Morgan fingerprint density at radius 1 is 1.30 bits per heavy atom. The van der Waals surface area contributed by atoms with E-state index in [9.17, 15) is 0 Å². The molecule has 0 radical (unpaired) electrons. The summed E-state index contributed by atoms with van der Waals surface area (Å²) in [5.74, 6) is 0. The van der Waals surface area contributed by atoms with Crippen molar-refractivity contribution < 1.29 is 4.74 Å². The summed E-state index contributed by atoms with van der Waals surface area (Å²) in [6, 6.07) is 10.5. The zero-order chi connectivity index (χ0) is 14.4. The normalized spacial score (nSPS) is 14.2. The third-order valence-electron chi connectivity index (χ3n) is 3.41. The molecule has 0 fully saturated rings. The Bertz CT molecular complexity index is 509. The van der Waals surface area contributed by atoms with Crippen LogP contribution in [-0.2, 0) is 11.2 Å². The molecule has 0 aliphatic carbocycles. The molecule has 0 saturated carbocycles. The van der Waals surface area contributed by atoms with Crippen LogP contribution in [0, 0.1) is 0 Å². The zero-order valence-electron chi connectivity index (χ0n) is 12.2. The summed E-state index contributed by atoms with van der Waals surface area (Å²) in [6.45, 7) is 5.53. The molecule has 4 heteroatoms. The van der Waals surface area contributed by atoms with Crippen molar-refractivity contribution in [3.05, 3.63) is 54.1 Å². The van der Waals surface area contributed by atoms with E-state index >= 15 is 0 Å². The van der Waals surface area contributed by atoms with Crippen LogP contribution in [0.1, 0.15) is 37.2 Å². The van der Waals surface area contributed by atoms with Gasteiger partial charge in [0.15, 0.2) is 0 Å². The van der Waals surface area contributed by atoms with Gasteiger partial charge in [-0.15, -0.1) is 0 Å². The Morgan fingerprint density at radius 3 is 2.75 bits per heavy atom. The second-order valence-corrected chi connectivity index (χ2v) is 5.03. The Kier molecular flexibility index (Phi) is 5.32. The highest BCUT2D eigenvalue weighted by Crippen LogP contribution is 2.19. The lowest BCUT2D eigenvalue weighted by Gasteiger charge is -2.20. The van der Waals surface area contributed by atoms with Crippen LogP contribution in [0.2, 0.25) is 0 Å². The van der Waals surface area contributed by atoms with E-state index in [0.29, 0.717) is 6.61 Å². The molecule has 1 aromatic heterocycles. The maximum atomic E-state index is 6.34. The number of hydrogen-bond acceptors (Lipinski definition) is 3. The first-order valence-electron chi connectivity index (χ1n) is 7.11. The Balaban J connectivity index is 2.07. The van der Waals surface area contributed by atoms with Crippen molar-refractivity contribution in [2.75, 3.05) is 13.2 Å². The third-order valence-corrected chi connectivity index (χ3v) is 3.41. The average Bonchev–Trinajstić information content (AvgIpc) is 2.95. The Labute approximate surface area is 120 Å². The highest BCUT2D eigenvalue weighted by molar-refractivity contribution is 5.18. The van der Waals surface area contributed by atoms with Gasteiger partial charge in [-0.2, -0.15) is 0 Å². The van der Waals surface area contributed by atoms with Crippen molar-refractivity contribution in [1.29, 1.82) is 0 Å². The van der Waals surface area contributed by atoms with Crippen molar-refractivity contribution in [3.63, 3.8) is 0 Å². The second-order valence-electron chi connectivity index (χ2n) is 5.03. The lowest BCUT2D eigenvalue weighted by Crippen LogP contribution is -2.21. The van der Waals surface area contributed by atoms with Crippen LogP contribution in [0.25, 0.3) is 0 Å². The van der Waals surface area contributed by atoms with Crippen LogP contribution in [0.15, 0.2) is 42.9 Å². The van der Waals surface area contributed by atoms with Gasteiger partial charge >= 0.3 is 0 Å². The van der Waals surface area contributed by atoms with Crippen LogP contribution in [0.4, 0.5) is 0 Å². The maximum absolute atomic E-state index is 6.34. The standard InChI is InChI=1S/C16H23N3O/c1-3-20-11-13(2)19-12-18-10-16(19)15(17)9-14-7-5-4-6-8-14/h4-8,10,12-13,15H,3,9,11,17H2,1-2H3/t13?,15-/m1/s1. The number of nitrogens with two attached hydrogens (primary N) is 1. The predicted octanol–water partition coefficient (Wildman–Crippen LogP) is 2.72. The molecule has 0 spiro atoms. The van der Waals surface area contributed by atoms with E-state index in [1.807, 2.05) is 37.6 Å².